The summed E-state index contributed by atoms with van der Waals surface area (Å²) in [5, 5.41) is 3.81. The first-order valence-electron chi connectivity index (χ1n) is 6.20. The molecule has 0 saturated carbocycles. The molecule has 4 nitrogen and oxygen atoms in total. The molecule has 0 saturated heterocycles. The van der Waals surface area contributed by atoms with Gasteiger partial charge in [-0.15, -0.1) is 0 Å². The van der Waals surface area contributed by atoms with Crippen LogP contribution in [-0.4, -0.2) is 10.9 Å². The number of amides is 1. The van der Waals surface area contributed by atoms with Crippen molar-refractivity contribution in [2.75, 3.05) is 5.32 Å². The van der Waals surface area contributed by atoms with E-state index in [1.165, 1.54) is 11.3 Å². The first-order chi connectivity index (χ1) is 9.74. The van der Waals surface area contributed by atoms with Crippen molar-refractivity contribution in [2.24, 2.45) is 5.73 Å². The minimum atomic E-state index is -0.572. The van der Waals surface area contributed by atoms with Gasteiger partial charge in [0.2, 0.25) is 5.91 Å². The van der Waals surface area contributed by atoms with Gasteiger partial charge in [-0.2, -0.15) is 0 Å². The zero-order valence-corrected chi connectivity index (χ0v) is 11.4. The number of fused-ring (bicyclic) bond motifs is 1. The van der Waals surface area contributed by atoms with Crippen LogP contribution in [0.15, 0.2) is 54.6 Å². The maximum absolute atomic E-state index is 11.7. The standard InChI is InChI=1S/C15H13N3OS/c16-14(19)13(10-6-2-1-3-7-10)18-15-17-11-8-4-5-9-12(11)20-15/h1-9,13H,(H2,16,19)(H,17,18)/t13-/m1/s1. The average molecular weight is 283 g/mol. The molecule has 0 bridgehead atoms. The molecule has 3 aromatic rings. The van der Waals surface area contributed by atoms with Crippen LogP contribution < -0.4 is 11.1 Å². The van der Waals surface area contributed by atoms with Crippen LogP contribution in [-0.2, 0) is 4.79 Å². The summed E-state index contributed by atoms with van der Waals surface area (Å²) in [5.74, 6) is -0.421. The zero-order valence-electron chi connectivity index (χ0n) is 10.6. The number of aromatic nitrogens is 1. The predicted molar refractivity (Wildman–Crippen MR) is 81.6 cm³/mol. The molecule has 3 N–H and O–H groups in total. The van der Waals surface area contributed by atoms with Crippen LogP contribution in [0.4, 0.5) is 5.13 Å². The average Bonchev–Trinajstić information content (AvgIpc) is 2.88. The summed E-state index contributed by atoms with van der Waals surface area (Å²) in [6.07, 6.45) is 0. The zero-order chi connectivity index (χ0) is 13.9. The number of thiazole rings is 1. The highest BCUT2D eigenvalue weighted by Gasteiger charge is 2.18. The molecular weight excluding hydrogens is 270 g/mol. The SMILES string of the molecule is NC(=O)[C@H](Nc1nc2ccccc2s1)c1ccccc1. The van der Waals surface area contributed by atoms with E-state index in [0.717, 1.165) is 15.8 Å². The fourth-order valence-corrected chi connectivity index (χ4v) is 2.92. The molecule has 0 radical (unpaired) electrons. The molecule has 20 heavy (non-hydrogen) atoms. The highest BCUT2D eigenvalue weighted by atomic mass is 32.1. The number of rotatable bonds is 4. The van der Waals surface area contributed by atoms with E-state index in [1.54, 1.807) is 0 Å². The highest BCUT2D eigenvalue weighted by molar-refractivity contribution is 7.22. The van der Waals surface area contributed by atoms with E-state index in [1.807, 2.05) is 54.6 Å². The fourth-order valence-electron chi connectivity index (χ4n) is 2.02. The number of nitrogens with zero attached hydrogens (tertiary/aromatic N) is 1. The molecule has 0 aliphatic carbocycles. The molecule has 3 rings (SSSR count). The van der Waals surface area contributed by atoms with Crippen LogP contribution in [0, 0.1) is 0 Å². The summed E-state index contributed by atoms with van der Waals surface area (Å²) in [6, 6.07) is 16.7. The Bertz CT molecular complexity index is 706. The van der Waals surface area contributed by atoms with E-state index in [0.29, 0.717) is 5.13 Å². The second-order valence-corrected chi connectivity index (χ2v) is 5.41. The largest absolute Gasteiger partial charge is 0.368 e. The lowest BCUT2D eigenvalue weighted by Gasteiger charge is -2.14. The third-order valence-corrected chi connectivity index (χ3v) is 3.95. The molecule has 100 valence electrons. The van der Waals surface area contributed by atoms with Crippen LogP contribution in [0.2, 0.25) is 0 Å². The number of nitrogens with one attached hydrogen (secondary N) is 1. The number of nitrogens with two attached hydrogens (primary N) is 1. The summed E-state index contributed by atoms with van der Waals surface area (Å²) >= 11 is 1.51. The molecule has 0 fully saturated rings. The van der Waals surface area contributed by atoms with Crippen LogP contribution in [0.1, 0.15) is 11.6 Å². The van der Waals surface area contributed by atoms with Crippen LogP contribution >= 0.6 is 11.3 Å². The Balaban J connectivity index is 1.92. The molecular formula is C15H13N3OS. The van der Waals surface area contributed by atoms with E-state index in [-0.39, 0.29) is 0 Å². The third kappa shape index (κ3) is 2.48. The molecule has 0 aliphatic heterocycles. The predicted octanol–water partition coefficient (Wildman–Crippen LogP) is 2.93. The molecule has 1 atom stereocenters. The van der Waals surface area contributed by atoms with Gasteiger partial charge >= 0.3 is 0 Å². The summed E-state index contributed by atoms with van der Waals surface area (Å²) in [7, 11) is 0. The second kappa shape index (κ2) is 5.30. The van der Waals surface area contributed by atoms with Crippen molar-refractivity contribution < 1.29 is 4.79 Å². The molecule has 5 heteroatoms. The van der Waals surface area contributed by atoms with E-state index < -0.39 is 11.9 Å². The van der Waals surface area contributed by atoms with Gasteiger partial charge in [0.15, 0.2) is 5.13 Å². The number of benzene rings is 2. The van der Waals surface area contributed by atoms with E-state index in [9.17, 15) is 4.79 Å². The summed E-state index contributed by atoms with van der Waals surface area (Å²) in [6.45, 7) is 0. The Morgan fingerprint density at radius 3 is 2.50 bits per heavy atom. The first kappa shape index (κ1) is 12.6. The van der Waals surface area contributed by atoms with E-state index in [2.05, 4.69) is 10.3 Å². The lowest BCUT2D eigenvalue weighted by atomic mass is 10.1. The summed E-state index contributed by atoms with van der Waals surface area (Å²) in [5.41, 5.74) is 7.23. The minimum Gasteiger partial charge on any atom is -0.368 e. The maximum Gasteiger partial charge on any atom is 0.244 e. The lowest BCUT2D eigenvalue weighted by molar-refractivity contribution is -0.118. The number of carbonyl (C=O) groups is 1. The van der Waals surface area contributed by atoms with Crippen LogP contribution in [0.25, 0.3) is 10.2 Å². The summed E-state index contributed by atoms with van der Waals surface area (Å²) in [4.78, 5) is 16.1. The van der Waals surface area contributed by atoms with Crippen molar-refractivity contribution in [1.82, 2.24) is 4.98 Å². The van der Waals surface area contributed by atoms with E-state index in [4.69, 9.17) is 5.73 Å². The van der Waals surface area contributed by atoms with Crippen molar-refractivity contribution in [1.29, 1.82) is 0 Å². The van der Waals surface area contributed by atoms with Gasteiger partial charge in [0.05, 0.1) is 10.2 Å². The van der Waals surface area contributed by atoms with Crippen molar-refractivity contribution in [2.45, 2.75) is 6.04 Å². The Kier molecular flexibility index (Phi) is 3.35. The first-order valence-corrected chi connectivity index (χ1v) is 7.02. The van der Waals surface area contributed by atoms with Gasteiger partial charge in [0.25, 0.3) is 0 Å². The van der Waals surface area contributed by atoms with Gasteiger partial charge in [0, 0.05) is 0 Å². The molecule has 0 unspecified atom stereocenters. The number of hydrogen-bond donors (Lipinski definition) is 2. The topological polar surface area (TPSA) is 68.0 Å². The van der Waals surface area contributed by atoms with Gasteiger partial charge in [-0.05, 0) is 17.7 Å². The quantitative estimate of drug-likeness (QED) is 0.773. The van der Waals surface area contributed by atoms with Crippen LogP contribution in [0.3, 0.4) is 0 Å². The van der Waals surface area contributed by atoms with Crippen molar-refractivity contribution in [3.8, 4) is 0 Å². The van der Waals surface area contributed by atoms with Crippen molar-refractivity contribution in [3.05, 3.63) is 60.2 Å². The molecule has 0 aliphatic rings. The highest BCUT2D eigenvalue weighted by Crippen LogP contribution is 2.28. The normalized spacial score (nSPS) is 12.2. The third-order valence-electron chi connectivity index (χ3n) is 2.98. The van der Waals surface area contributed by atoms with Crippen molar-refractivity contribution >= 4 is 32.6 Å². The lowest BCUT2D eigenvalue weighted by Crippen LogP contribution is -2.27. The number of carbonyl (C=O) groups excluding carboxylic acids is 1. The Hall–Kier alpha value is -2.40. The Labute approximate surface area is 120 Å². The van der Waals surface area contributed by atoms with Crippen molar-refractivity contribution in [3.63, 3.8) is 0 Å². The molecule has 1 heterocycles. The summed E-state index contributed by atoms with van der Waals surface area (Å²) < 4.78 is 1.08. The Morgan fingerprint density at radius 2 is 1.80 bits per heavy atom. The number of anilines is 1. The number of para-hydroxylation sites is 1. The monoisotopic (exact) mass is 283 g/mol. The smallest absolute Gasteiger partial charge is 0.244 e. The Morgan fingerprint density at radius 1 is 1.10 bits per heavy atom. The molecule has 1 aromatic heterocycles. The maximum atomic E-state index is 11.7. The van der Waals surface area contributed by atoms with Gasteiger partial charge in [-0.3, -0.25) is 4.79 Å². The van der Waals surface area contributed by atoms with Crippen LogP contribution in [0.5, 0.6) is 0 Å². The molecule has 1 amide bonds. The molecule has 2 aromatic carbocycles. The second-order valence-electron chi connectivity index (χ2n) is 4.38. The van der Waals surface area contributed by atoms with Gasteiger partial charge < -0.3 is 11.1 Å². The molecule has 0 spiro atoms. The number of primary amides is 1. The van der Waals surface area contributed by atoms with Gasteiger partial charge in [0.1, 0.15) is 6.04 Å². The van der Waals surface area contributed by atoms with Gasteiger partial charge in [-0.25, -0.2) is 4.98 Å². The van der Waals surface area contributed by atoms with E-state index >= 15 is 0 Å². The number of hydrogen-bond acceptors (Lipinski definition) is 4. The van der Waals surface area contributed by atoms with Gasteiger partial charge in [-0.1, -0.05) is 53.8 Å². The minimum absolute atomic E-state index is 0.421. The fraction of sp³-hybridized carbons (Fsp3) is 0.0667.